The minimum Gasteiger partial charge on any atom is -0.384 e. The summed E-state index contributed by atoms with van der Waals surface area (Å²) in [6.45, 7) is 2.28. The third-order valence-corrected chi connectivity index (χ3v) is 5.20. The molecule has 7 heteroatoms. The number of sulfone groups is 1. The third kappa shape index (κ3) is 3.36. The molecule has 0 saturated carbocycles. The lowest BCUT2D eigenvalue weighted by Gasteiger charge is -2.12. The van der Waals surface area contributed by atoms with E-state index in [1.54, 1.807) is 42.2 Å². The van der Waals surface area contributed by atoms with Crippen LogP contribution in [0.4, 0.5) is 11.5 Å². The van der Waals surface area contributed by atoms with E-state index in [2.05, 4.69) is 10.4 Å². The highest BCUT2D eigenvalue weighted by Gasteiger charge is 2.17. The molecule has 1 aromatic carbocycles. The van der Waals surface area contributed by atoms with Crippen LogP contribution < -0.4 is 11.1 Å². The molecule has 0 unspecified atom stereocenters. The van der Waals surface area contributed by atoms with Gasteiger partial charge in [0.25, 0.3) is 0 Å². The Morgan fingerprint density at radius 3 is 2.67 bits per heavy atom. The van der Waals surface area contributed by atoms with E-state index < -0.39 is 9.84 Å². The van der Waals surface area contributed by atoms with Gasteiger partial charge in [0.15, 0.2) is 9.84 Å². The van der Waals surface area contributed by atoms with E-state index in [9.17, 15) is 8.42 Å². The van der Waals surface area contributed by atoms with Crippen LogP contribution >= 0.6 is 0 Å². The molecule has 2 aromatic rings. The summed E-state index contributed by atoms with van der Waals surface area (Å²) in [5.74, 6) is 0.706. The lowest BCUT2D eigenvalue weighted by molar-refractivity contribution is 0.595. The molecule has 0 amide bonds. The zero-order chi connectivity index (χ0) is 15.5. The summed E-state index contributed by atoms with van der Waals surface area (Å²) < 4.78 is 26.1. The largest absolute Gasteiger partial charge is 0.384 e. The van der Waals surface area contributed by atoms with Gasteiger partial charge in [-0.15, -0.1) is 0 Å². The Kier molecular flexibility index (Phi) is 4.52. The van der Waals surface area contributed by atoms with Crippen molar-refractivity contribution >= 4 is 21.3 Å². The second-order valence-corrected chi connectivity index (χ2v) is 6.92. The molecule has 1 aromatic heterocycles. The molecule has 0 radical (unpaired) electrons. The third-order valence-electron chi connectivity index (χ3n) is 3.23. The van der Waals surface area contributed by atoms with E-state index in [1.165, 1.54) is 0 Å². The standard InChI is InChI=1S/C14H20N4O2S/c1-3-8-21(19,20)13-7-5-4-6-12(13)16-9-11-10-17-18(2)14(11)15/h4-7,10,16H,3,8-9,15H2,1-2H3. The van der Waals surface area contributed by atoms with Gasteiger partial charge in [-0.1, -0.05) is 19.1 Å². The molecule has 0 fully saturated rings. The highest BCUT2D eigenvalue weighted by atomic mass is 32.2. The first-order chi connectivity index (χ1) is 9.95. The molecule has 6 nitrogen and oxygen atoms in total. The van der Waals surface area contributed by atoms with Crippen molar-refractivity contribution < 1.29 is 8.42 Å². The average Bonchev–Trinajstić information content (AvgIpc) is 2.77. The van der Waals surface area contributed by atoms with Gasteiger partial charge in [-0.2, -0.15) is 5.10 Å². The molecule has 0 saturated heterocycles. The maximum absolute atomic E-state index is 12.3. The molecule has 0 aliphatic rings. The van der Waals surface area contributed by atoms with E-state index in [4.69, 9.17) is 5.73 Å². The van der Waals surface area contributed by atoms with Crippen LogP contribution in [-0.2, 0) is 23.4 Å². The van der Waals surface area contributed by atoms with Gasteiger partial charge in [0.1, 0.15) is 5.82 Å². The highest BCUT2D eigenvalue weighted by molar-refractivity contribution is 7.91. The van der Waals surface area contributed by atoms with Gasteiger partial charge in [0.05, 0.1) is 22.5 Å². The van der Waals surface area contributed by atoms with Crippen molar-refractivity contribution in [3.05, 3.63) is 36.0 Å². The van der Waals surface area contributed by atoms with Gasteiger partial charge in [0.2, 0.25) is 0 Å². The topological polar surface area (TPSA) is 90.0 Å². The Labute approximate surface area is 124 Å². The second-order valence-electron chi connectivity index (χ2n) is 4.85. The van der Waals surface area contributed by atoms with Crippen LogP contribution in [0.25, 0.3) is 0 Å². The van der Waals surface area contributed by atoms with E-state index in [-0.39, 0.29) is 5.75 Å². The summed E-state index contributed by atoms with van der Waals surface area (Å²) in [6, 6.07) is 6.92. The van der Waals surface area contributed by atoms with Crippen molar-refractivity contribution in [1.29, 1.82) is 0 Å². The van der Waals surface area contributed by atoms with E-state index in [1.807, 2.05) is 6.92 Å². The predicted octanol–water partition coefficient (Wildman–Crippen LogP) is 1.80. The second kappa shape index (κ2) is 6.17. The first kappa shape index (κ1) is 15.4. The van der Waals surface area contributed by atoms with Crippen LogP contribution in [0.2, 0.25) is 0 Å². The molecule has 2 rings (SSSR count). The van der Waals surface area contributed by atoms with Gasteiger partial charge in [-0.3, -0.25) is 4.68 Å². The molecule has 0 spiro atoms. The van der Waals surface area contributed by atoms with Crippen LogP contribution in [0.5, 0.6) is 0 Å². The van der Waals surface area contributed by atoms with Crippen LogP contribution in [0.15, 0.2) is 35.4 Å². The van der Waals surface area contributed by atoms with Crippen molar-refractivity contribution in [2.24, 2.45) is 7.05 Å². The Hall–Kier alpha value is -2.02. The predicted molar refractivity (Wildman–Crippen MR) is 83.7 cm³/mol. The Morgan fingerprint density at radius 2 is 2.05 bits per heavy atom. The molecule has 21 heavy (non-hydrogen) atoms. The number of hydrogen-bond acceptors (Lipinski definition) is 5. The van der Waals surface area contributed by atoms with Gasteiger partial charge < -0.3 is 11.1 Å². The molecule has 0 atom stereocenters. The molecular formula is C14H20N4O2S. The minimum atomic E-state index is -3.26. The van der Waals surface area contributed by atoms with Crippen LogP contribution in [0.3, 0.4) is 0 Å². The fourth-order valence-electron chi connectivity index (χ4n) is 2.08. The number of aryl methyl sites for hydroxylation is 1. The molecule has 0 bridgehead atoms. The fourth-order valence-corrected chi connectivity index (χ4v) is 3.60. The number of nitrogens with zero attached hydrogens (tertiary/aromatic N) is 2. The molecule has 3 N–H and O–H groups in total. The molecule has 1 heterocycles. The van der Waals surface area contributed by atoms with E-state index in [0.717, 1.165) is 5.56 Å². The first-order valence-electron chi connectivity index (χ1n) is 6.77. The zero-order valence-corrected chi connectivity index (χ0v) is 13.0. The monoisotopic (exact) mass is 308 g/mol. The number of nitrogens with one attached hydrogen (secondary N) is 1. The minimum absolute atomic E-state index is 0.140. The number of benzene rings is 1. The van der Waals surface area contributed by atoms with Crippen molar-refractivity contribution in [3.63, 3.8) is 0 Å². The summed E-state index contributed by atoms with van der Waals surface area (Å²) in [5.41, 5.74) is 7.31. The van der Waals surface area contributed by atoms with E-state index >= 15 is 0 Å². The number of aromatic nitrogens is 2. The van der Waals surface area contributed by atoms with Gasteiger partial charge >= 0.3 is 0 Å². The highest BCUT2D eigenvalue weighted by Crippen LogP contribution is 2.23. The number of para-hydroxylation sites is 1. The van der Waals surface area contributed by atoms with Crippen molar-refractivity contribution in [2.45, 2.75) is 24.8 Å². The summed E-state index contributed by atoms with van der Waals surface area (Å²) in [4.78, 5) is 0.328. The number of hydrogen-bond donors (Lipinski definition) is 2. The van der Waals surface area contributed by atoms with Crippen LogP contribution in [-0.4, -0.2) is 24.0 Å². The number of nitrogens with two attached hydrogens (primary N) is 1. The summed E-state index contributed by atoms with van der Waals surface area (Å²) in [5, 5.41) is 7.20. The Balaban J connectivity index is 2.23. The summed E-state index contributed by atoms with van der Waals surface area (Å²) in [6.07, 6.45) is 2.26. The van der Waals surface area contributed by atoms with E-state index in [0.29, 0.717) is 29.4 Å². The lowest BCUT2D eigenvalue weighted by atomic mass is 10.3. The fraction of sp³-hybridized carbons (Fsp3) is 0.357. The summed E-state index contributed by atoms with van der Waals surface area (Å²) >= 11 is 0. The average molecular weight is 308 g/mol. The SMILES string of the molecule is CCCS(=O)(=O)c1ccccc1NCc1cnn(C)c1N. The van der Waals surface area contributed by atoms with Crippen LogP contribution in [0.1, 0.15) is 18.9 Å². The quantitative estimate of drug-likeness (QED) is 0.849. The zero-order valence-electron chi connectivity index (χ0n) is 12.2. The maximum atomic E-state index is 12.3. The number of rotatable bonds is 6. The van der Waals surface area contributed by atoms with Gasteiger partial charge in [-0.25, -0.2) is 8.42 Å². The Bertz CT molecular complexity index is 722. The molecule has 114 valence electrons. The van der Waals surface area contributed by atoms with Crippen LogP contribution in [0, 0.1) is 0 Å². The van der Waals surface area contributed by atoms with Crippen molar-refractivity contribution in [3.8, 4) is 0 Å². The van der Waals surface area contributed by atoms with Crippen molar-refractivity contribution in [1.82, 2.24) is 9.78 Å². The lowest BCUT2D eigenvalue weighted by Crippen LogP contribution is -2.11. The molecule has 0 aliphatic heterocycles. The Morgan fingerprint density at radius 1 is 1.33 bits per heavy atom. The normalized spacial score (nSPS) is 11.5. The number of nitrogen functional groups attached to an aromatic ring is 1. The molecule has 0 aliphatic carbocycles. The smallest absolute Gasteiger partial charge is 0.180 e. The maximum Gasteiger partial charge on any atom is 0.180 e. The summed E-state index contributed by atoms with van der Waals surface area (Å²) in [7, 11) is -1.50. The first-order valence-corrected chi connectivity index (χ1v) is 8.43. The van der Waals surface area contributed by atoms with Crippen molar-refractivity contribution in [2.75, 3.05) is 16.8 Å². The van der Waals surface area contributed by atoms with Gasteiger partial charge in [-0.05, 0) is 18.6 Å². The molecular weight excluding hydrogens is 288 g/mol. The van der Waals surface area contributed by atoms with Gasteiger partial charge in [0, 0.05) is 19.2 Å². The number of anilines is 2.